The molecule has 1 heterocycles. The van der Waals surface area contributed by atoms with E-state index in [9.17, 15) is 14.4 Å². The molecular formula is C24H29N3O6. The summed E-state index contributed by atoms with van der Waals surface area (Å²) in [5, 5.41) is 7.75. The summed E-state index contributed by atoms with van der Waals surface area (Å²) in [5.41, 5.74) is 0.271. The van der Waals surface area contributed by atoms with Gasteiger partial charge in [0.25, 0.3) is 5.91 Å². The van der Waals surface area contributed by atoms with E-state index in [2.05, 4.69) is 16.0 Å². The average Bonchev–Trinajstić information content (AvgIpc) is 2.79. The fourth-order valence-electron chi connectivity index (χ4n) is 2.92. The van der Waals surface area contributed by atoms with E-state index >= 15 is 0 Å². The SMILES string of the molecule is CC(C)(C)OC[C@H](NC(=O)OCc1ccccc1)C(=O)N[C@@H]1C(=O)N[C@@H]1Oc1ccccc1. The summed E-state index contributed by atoms with van der Waals surface area (Å²) in [6, 6.07) is 16.1. The fourth-order valence-corrected chi connectivity index (χ4v) is 2.92. The molecule has 1 aliphatic rings. The molecule has 3 rings (SSSR count). The van der Waals surface area contributed by atoms with Crippen molar-refractivity contribution in [2.75, 3.05) is 6.61 Å². The second-order valence-electron chi connectivity index (χ2n) is 8.53. The minimum Gasteiger partial charge on any atom is -0.468 e. The number of carbonyl (C=O) groups excluding carboxylic acids is 3. The van der Waals surface area contributed by atoms with Crippen LogP contribution < -0.4 is 20.7 Å². The lowest BCUT2D eigenvalue weighted by atomic mass is 10.1. The Kier molecular flexibility index (Phi) is 7.89. The molecule has 3 N–H and O–H groups in total. The number of para-hydroxylation sites is 1. The summed E-state index contributed by atoms with van der Waals surface area (Å²) in [4.78, 5) is 37.3. The fraction of sp³-hybridized carbons (Fsp3) is 0.375. The van der Waals surface area contributed by atoms with Crippen molar-refractivity contribution >= 4 is 17.9 Å². The van der Waals surface area contributed by atoms with Crippen LogP contribution in [0.1, 0.15) is 26.3 Å². The number of benzene rings is 2. The third-order valence-corrected chi connectivity index (χ3v) is 4.68. The van der Waals surface area contributed by atoms with E-state index < -0.39 is 35.9 Å². The van der Waals surface area contributed by atoms with Crippen molar-refractivity contribution in [3.05, 3.63) is 66.2 Å². The molecule has 0 spiro atoms. The number of hydrogen-bond acceptors (Lipinski definition) is 6. The van der Waals surface area contributed by atoms with Gasteiger partial charge in [-0.05, 0) is 38.5 Å². The number of alkyl carbamates (subject to hydrolysis) is 1. The molecule has 0 bridgehead atoms. The quantitative estimate of drug-likeness (QED) is 0.499. The molecule has 0 radical (unpaired) electrons. The van der Waals surface area contributed by atoms with Gasteiger partial charge < -0.3 is 30.2 Å². The number of hydrogen-bond donors (Lipinski definition) is 3. The maximum atomic E-state index is 12.9. The van der Waals surface area contributed by atoms with E-state index in [4.69, 9.17) is 14.2 Å². The van der Waals surface area contributed by atoms with Crippen LogP contribution in [0.3, 0.4) is 0 Å². The second-order valence-corrected chi connectivity index (χ2v) is 8.53. The zero-order chi connectivity index (χ0) is 23.8. The predicted octanol–water partition coefficient (Wildman–Crippen LogP) is 2.12. The summed E-state index contributed by atoms with van der Waals surface area (Å²) in [6.45, 7) is 5.45. The summed E-state index contributed by atoms with van der Waals surface area (Å²) in [7, 11) is 0. The smallest absolute Gasteiger partial charge is 0.408 e. The number of carbonyl (C=O) groups is 3. The van der Waals surface area contributed by atoms with E-state index in [1.807, 2.05) is 57.2 Å². The Morgan fingerprint density at radius 1 is 1.03 bits per heavy atom. The van der Waals surface area contributed by atoms with Crippen molar-refractivity contribution in [3.63, 3.8) is 0 Å². The first kappa shape index (κ1) is 24.1. The predicted molar refractivity (Wildman–Crippen MR) is 120 cm³/mol. The lowest BCUT2D eigenvalue weighted by molar-refractivity contribution is -0.144. The zero-order valence-corrected chi connectivity index (χ0v) is 18.9. The van der Waals surface area contributed by atoms with Gasteiger partial charge in [0, 0.05) is 0 Å². The third-order valence-electron chi connectivity index (χ3n) is 4.68. The first-order chi connectivity index (χ1) is 15.7. The lowest BCUT2D eigenvalue weighted by Crippen LogP contribution is -2.72. The van der Waals surface area contributed by atoms with Gasteiger partial charge in [0.15, 0.2) is 6.04 Å². The monoisotopic (exact) mass is 455 g/mol. The zero-order valence-electron chi connectivity index (χ0n) is 18.9. The molecule has 3 atom stereocenters. The van der Waals surface area contributed by atoms with E-state index in [1.54, 1.807) is 24.3 Å². The normalized spacial score (nSPS) is 18.3. The van der Waals surface area contributed by atoms with E-state index in [0.29, 0.717) is 5.75 Å². The number of amides is 3. The first-order valence-electron chi connectivity index (χ1n) is 10.6. The Balaban J connectivity index is 1.59. The summed E-state index contributed by atoms with van der Waals surface area (Å²) < 4.78 is 16.6. The van der Waals surface area contributed by atoms with Gasteiger partial charge in [-0.3, -0.25) is 9.59 Å². The van der Waals surface area contributed by atoms with Gasteiger partial charge in [-0.2, -0.15) is 0 Å². The minimum atomic E-state index is -1.07. The van der Waals surface area contributed by atoms with Crippen LogP contribution in [0.2, 0.25) is 0 Å². The molecular weight excluding hydrogens is 426 g/mol. The highest BCUT2D eigenvalue weighted by Crippen LogP contribution is 2.16. The molecule has 1 aliphatic heterocycles. The maximum absolute atomic E-state index is 12.9. The molecule has 176 valence electrons. The van der Waals surface area contributed by atoms with Crippen molar-refractivity contribution < 1.29 is 28.6 Å². The van der Waals surface area contributed by atoms with Gasteiger partial charge in [-0.1, -0.05) is 48.5 Å². The van der Waals surface area contributed by atoms with Gasteiger partial charge in [0.05, 0.1) is 12.2 Å². The van der Waals surface area contributed by atoms with Crippen molar-refractivity contribution in [1.82, 2.24) is 16.0 Å². The molecule has 0 aromatic heterocycles. The average molecular weight is 456 g/mol. The molecule has 2 aromatic rings. The summed E-state index contributed by atoms with van der Waals surface area (Å²) in [6.07, 6.45) is -1.50. The van der Waals surface area contributed by atoms with Crippen LogP contribution in [0, 0.1) is 0 Å². The number of ether oxygens (including phenoxy) is 3. The summed E-state index contributed by atoms with van der Waals surface area (Å²) in [5.74, 6) is -0.416. The van der Waals surface area contributed by atoms with Crippen LogP contribution in [0.25, 0.3) is 0 Å². The highest BCUT2D eigenvalue weighted by Gasteiger charge is 2.43. The third kappa shape index (κ3) is 7.50. The number of nitrogens with one attached hydrogen (secondary N) is 3. The number of rotatable bonds is 9. The van der Waals surface area contributed by atoms with Crippen molar-refractivity contribution in [1.29, 1.82) is 0 Å². The van der Waals surface area contributed by atoms with Gasteiger partial charge in [0.1, 0.15) is 18.4 Å². The highest BCUT2D eigenvalue weighted by molar-refractivity contribution is 5.95. The van der Waals surface area contributed by atoms with Gasteiger partial charge in [0.2, 0.25) is 12.1 Å². The Morgan fingerprint density at radius 3 is 2.27 bits per heavy atom. The second kappa shape index (κ2) is 10.8. The van der Waals surface area contributed by atoms with E-state index in [0.717, 1.165) is 5.56 Å². The van der Waals surface area contributed by atoms with Crippen molar-refractivity contribution in [2.45, 2.75) is 51.3 Å². The highest BCUT2D eigenvalue weighted by atomic mass is 16.5. The van der Waals surface area contributed by atoms with Crippen molar-refractivity contribution in [2.24, 2.45) is 0 Å². The minimum absolute atomic E-state index is 0.0547. The lowest BCUT2D eigenvalue weighted by Gasteiger charge is -2.37. The maximum Gasteiger partial charge on any atom is 0.408 e. The Hall–Kier alpha value is -3.59. The van der Waals surface area contributed by atoms with Gasteiger partial charge >= 0.3 is 6.09 Å². The number of β-lactam (4-membered cyclic amide) rings is 1. The molecule has 9 heteroatoms. The molecule has 33 heavy (non-hydrogen) atoms. The molecule has 9 nitrogen and oxygen atoms in total. The largest absolute Gasteiger partial charge is 0.468 e. The van der Waals surface area contributed by atoms with Crippen molar-refractivity contribution in [3.8, 4) is 5.75 Å². The van der Waals surface area contributed by atoms with E-state index in [-0.39, 0.29) is 19.1 Å². The molecule has 0 saturated carbocycles. The summed E-state index contributed by atoms with van der Waals surface area (Å²) >= 11 is 0. The Morgan fingerprint density at radius 2 is 1.67 bits per heavy atom. The first-order valence-corrected chi connectivity index (χ1v) is 10.6. The van der Waals surface area contributed by atoms with Gasteiger partial charge in [-0.25, -0.2) is 4.79 Å². The molecule has 0 unspecified atom stereocenters. The Labute approximate surface area is 192 Å². The molecule has 0 aliphatic carbocycles. The standard InChI is InChI=1S/C24H29N3O6/c1-24(2,3)32-15-18(25-23(30)31-14-16-10-6-4-7-11-16)20(28)26-19-21(29)27-22(19)33-17-12-8-5-9-13-17/h4-13,18-19,22H,14-15H2,1-3H3,(H,25,30)(H,26,28)(H,27,29)/t18-,19+,22+/m0/s1. The topological polar surface area (TPSA) is 115 Å². The molecule has 1 saturated heterocycles. The van der Waals surface area contributed by atoms with Crippen LogP contribution in [0.4, 0.5) is 4.79 Å². The molecule has 2 aromatic carbocycles. The van der Waals surface area contributed by atoms with Crippen LogP contribution in [0.5, 0.6) is 5.75 Å². The molecule has 3 amide bonds. The van der Waals surface area contributed by atoms with Gasteiger partial charge in [-0.15, -0.1) is 0 Å². The van der Waals surface area contributed by atoms with Crippen LogP contribution in [-0.4, -0.2) is 48.4 Å². The van der Waals surface area contributed by atoms with Crippen LogP contribution in [-0.2, 0) is 25.7 Å². The van der Waals surface area contributed by atoms with Crippen LogP contribution in [0.15, 0.2) is 60.7 Å². The molecule has 1 fully saturated rings. The van der Waals surface area contributed by atoms with E-state index in [1.165, 1.54) is 0 Å². The van der Waals surface area contributed by atoms with Crippen LogP contribution >= 0.6 is 0 Å². The Bertz CT molecular complexity index is 946.